The van der Waals surface area contributed by atoms with Crippen molar-refractivity contribution in [1.29, 1.82) is 0 Å². The van der Waals surface area contributed by atoms with Crippen LogP contribution >= 0.6 is 12.6 Å². The Hall–Kier alpha value is -1.82. The summed E-state index contributed by atoms with van der Waals surface area (Å²) in [6, 6.07) is 5.34. The first kappa shape index (κ1) is 14.2. The molecule has 0 amide bonds. The first-order valence-electron chi connectivity index (χ1n) is 5.10. The lowest BCUT2D eigenvalue weighted by atomic mass is 10.3. The van der Waals surface area contributed by atoms with Crippen LogP contribution in [-0.4, -0.2) is 26.2 Å². The lowest BCUT2D eigenvalue weighted by Gasteiger charge is -2.05. The number of thiol groups is 1. The molecule has 0 spiro atoms. The van der Waals surface area contributed by atoms with Crippen LogP contribution in [-0.2, 0) is 19.1 Å². The van der Waals surface area contributed by atoms with Crippen molar-refractivity contribution in [3.8, 4) is 0 Å². The van der Waals surface area contributed by atoms with Gasteiger partial charge >= 0.3 is 17.6 Å². The number of aryl methyl sites for hydroxylation is 1. The molecule has 0 bridgehead atoms. The zero-order valence-corrected chi connectivity index (χ0v) is 11.2. The molecule has 0 radical (unpaired) electrons. The van der Waals surface area contributed by atoms with Gasteiger partial charge in [-0.2, -0.15) is 4.57 Å². The van der Waals surface area contributed by atoms with Crippen LogP contribution in [0.5, 0.6) is 0 Å². The molecule has 0 unspecified atom stereocenters. The molecule has 0 fully saturated rings. The van der Waals surface area contributed by atoms with E-state index in [1.165, 1.54) is 18.8 Å². The molecule has 0 atom stereocenters. The zero-order chi connectivity index (χ0) is 13.7. The van der Waals surface area contributed by atoms with Crippen LogP contribution in [0.3, 0.4) is 0 Å². The normalized spacial score (nSPS) is 11.6. The SMILES string of the molecule is COC(=O)/C(S)=C(\C(=O)OC)[n+]1ccccc1C. The second-order valence-electron chi connectivity index (χ2n) is 3.39. The number of aromatic nitrogens is 1. The predicted octanol–water partition coefficient (Wildman–Crippen LogP) is 0.727. The Bertz CT molecular complexity index is 511. The fourth-order valence-electron chi connectivity index (χ4n) is 1.38. The van der Waals surface area contributed by atoms with Gasteiger partial charge in [-0.1, -0.05) is 6.07 Å². The number of ether oxygens (including phenoxy) is 2. The Kier molecular flexibility index (Phi) is 4.91. The van der Waals surface area contributed by atoms with Gasteiger partial charge in [-0.3, -0.25) is 0 Å². The number of pyridine rings is 1. The maximum absolute atomic E-state index is 11.8. The summed E-state index contributed by atoms with van der Waals surface area (Å²) in [6.07, 6.45) is 1.64. The number of nitrogens with zero attached hydrogens (tertiary/aromatic N) is 1. The van der Waals surface area contributed by atoms with Gasteiger partial charge in [0.25, 0.3) is 0 Å². The molecule has 0 N–H and O–H groups in total. The maximum Gasteiger partial charge on any atom is 0.405 e. The smallest absolute Gasteiger partial charge is 0.405 e. The van der Waals surface area contributed by atoms with Crippen LogP contribution in [0, 0.1) is 6.92 Å². The Morgan fingerprint density at radius 1 is 1.17 bits per heavy atom. The van der Waals surface area contributed by atoms with Gasteiger partial charge in [0.2, 0.25) is 0 Å². The van der Waals surface area contributed by atoms with Crippen molar-refractivity contribution < 1.29 is 23.6 Å². The largest absolute Gasteiger partial charge is 0.465 e. The van der Waals surface area contributed by atoms with E-state index in [2.05, 4.69) is 22.1 Å². The highest BCUT2D eigenvalue weighted by atomic mass is 32.1. The molecule has 1 aromatic heterocycles. The molecule has 1 rings (SSSR count). The van der Waals surface area contributed by atoms with E-state index in [0.717, 1.165) is 5.69 Å². The molecule has 0 aliphatic heterocycles. The van der Waals surface area contributed by atoms with Crippen LogP contribution in [0.4, 0.5) is 0 Å². The molecule has 96 valence electrons. The summed E-state index contributed by atoms with van der Waals surface area (Å²) in [5.41, 5.74) is 0.777. The fourth-order valence-corrected chi connectivity index (χ4v) is 1.67. The molecule has 0 aromatic carbocycles. The number of hydrogen-bond donors (Lipinski definition) is 1. The van der Waals surface area contributed by atoms with Gasteiger partial charge in [-0.25, -0.2) is 9.59 Å². The Balaban J connectivity index is 3.45. The van der Waals surface area contributed by atoms with Gasteiger partial charge in [-0.05, 0) is 0 Å². The van der Waals surface area contributed by atoms with Crippen molar-refractivity contribution in [3.05, 3.63) is 35.0 Å². The molecule has 1 heterocycles. The van der Waals surface area contributed by atoms with E-state index in [0.29, 0.717) is 0 Å². The van der Waals surface area contributed by atoms with Gasteiger partial charge < -0.3 is 9.47 Å². The van der Waals surface area contributed by atoms with E-state index in [1.54, 1.807) is 25.3 Å². The molecule has 0 saturated carbocycles. The summed E-state index contributed by atoms with van der Waals surface area (Å²) in [5.74, 6) is -1.36. The molecule has 0 saturated heterocycles. The van der Waals surface area contributed by atoms with E-state index in [9.17, 15) is 9.59 Å². The fraction of sp³-hybridized carbons (Fsp3) is 0.250. The monoisotopic (exact) mass is 268 g/mol. The first-order valence-corrected chi connectivity index (χ1v) is 5.55. The molecule has 5 nitrogen and oxygen atoms in total. The average molecular weight is 268 g/mol. The number of rotatable bonds is 3. The second-order valence-corrected chi connectivity index (χ2v) is 3.84. The lowest BCUT2D eigenvalue weighted by molar-refractivity contribution is -0.585. The highest BCUT2D eigenvalue weighted by molar-refractivity contribution is 7.85. The molecular weight excluding hydrogens is 254 g/mol. The summed E-state index contributed by atoms with van der Waals surface area (Å²) >= 11 is 4.04. The lowest BCUT2D eigenvalue weighted by Crippen LogP contribution is -2.40. The quantitative estimate of drug-likeness (QED) is 0.380. The number of carbonyl (C=O) groups is 2. The minimum atomic E-state index is -0.700. The summed E-state index contributed by atoms with van der Waals surface area (Å²) in [5, 5.41) is 0. The minimum Gasteiger partial charge on any atom is -0.465 e. The average Bonchev–Trinajstić information content (AvgIpc) is 2.39. The number of esters is 2. The van der Waals surface area contributed by atoms with Crippen LogP contribution in [0.1, 0.15) is 5.69 Å². The highest BCUT2D eigenvalue weighted by Crippen LogP contribution is 2.13. The van der Waals surface area contributed by atoms with E-state index in [-0.39, 0.29) is 10.6 Å². The van der Waals surface area contributed by atoms with E-state index < -0.39 is 11.9 Å². The van der Waals surface area contributed by atoms with Crippen molar-refractivity contribution in [2.24, 2.45) is 0 Å². The van der Waals surface area contributed by atoms with Crippen LogP contribution in [0.25, 0.3) is 5.70 Å². The third-order valence-corrected chi connectivity index (χ3v) is 2.68. The number of carbonyl (C=O) groups excluding carboxylic acids is 2. The second kappa shape index (κ2) is 6.20. The van der Waals surface area contributed by atoms with E-state index in [1.807, 2.05) is 6.07 Å². The number of methoxy groups -OCH3 is 2. The van der Waals surface area contributed by atoms with Crippen molar-refractivity contribution in [3.63, 3.8) is 0 Å². The van der Waals surface area contributed by atoms with Crippen molar-refractivity contribution in [1.82, 2.24) is 0 Å². The maximum atomic E-state index is 11.8. The third-order valence-electron chi connectivity index (χ3n) is 2.29. The standard InChI is InChI=1S/C12H13NO4S/c1-8-6-4-5-7-13(8)9(11(14)16-2)10(18)12(15)17-3/h4-7H,1-3H3/p+1. The van der Waals surface area contributed by atoms with Crippen LogP contribution in [0.2, 0.25) is 0 Å². The Morgan fingerprint density at radius 3 is 2.28 bits per heavy atom. The summed E-state index contributed by atoms with van der Waals surface area (Å²) < 4.78 is 10.7. The zero-order valence-electron chi connectivity index (χ0n) is 10.3. The van der Waals surface area contributed by atoms with Gasteiger partial charge in [0.1, 0.15) is 0 Å². The minimum absolute atomic E-state index is 0.0192. The van der Waals surface area contributed by atoms with E-state index in [4.69, 9.17) is 0 Å². The van der Waals surface area contributed by atoms with Gasteiger partial charge in [0.15, 0.2) is 16.8 Å². The van der Waals surface area contributed by atoms with E-state index >= 15 is 0 Å². The molecule has 18 heavy (non-hydrogen) atoms. The molecule has 6 heteroatoms. The predicted molar refractivity (Wildman–Crippen MR) is 67.6 cm³/mol. The Morgan fingerprint density at radius 2 is 1.78 bits per heavy atom. The van der Waals surface area contributed by atoms with Crippen LogP contribution < -0.4 is 4.57 Å². The summed E-state index contributed by atoms with van der Waals surface area (Å²) in [4.78, 5) is 23.1. The summed E-state index contributed by atoms with van der Waals surface area (Å²) in [6.45, 7) is 1.79. The third kappa shape index (κ3) is 2.89. The molecular formula is C12H14NO4S+. The van der Waals surface area contributed by atoms with Crippen LogP contribution in [0.15, 0.2) is 29.3 Å². The molecule has 1 aromatic rings. The van der Waals surface area contributed by atoms with Gasteiger partial charge in [0, 0.05) is 19.1 Å². The van der Waals surface area contributed by atoms with Crippen molar-refractivity contribution in [2.75, 3.05) is 14.2 Å². The highest BCUT2D eigenvalue weighted by Gasteiger charge is 2.30. The van der Waals surface area contributed by atoms with Crippen molar-refractivity contribution >= 4 is 30.3 Å². The Labute approximate surface area is 110 Å². The van der Waals surface area contributed by atoms with Gasteiger partial charge in [0.05, 0.1) is 14.2 Å². The van der Waals surface area contributed by atoms with Crippen molar-refractivity contribution in [2.45, 2.75) is 6.92 Å². The summed E-state index contributed by atoms with van der Waals surface area (Å²) in [7, 11) is 2.45. The van der Waals surface area contributed by atoms with Gasteiger partial charge in [-0.15, -0.1) is 12.6 Å². The first-order chi connectivity index (χ1) is 8.52. The molecule has 0 aliphatic rings. The number of hydrogen-bond acceptors (Lipinski definition) is 5. The topological polar surface area (TPSA) is 56.5 Å². The molecule has 0 aliphatic carbocycles.